The van der Waals surface area contributed by atoms with Gasteiger partial charge in [0.2, 0.25) is 0 Å². The van der Waals surface area contributed by atoms with Gasteiger partial charge in [-0.15, -0.1) is 0 Å². The number of hydrogen-bond donors (Lipinski definition) is 0. The van der Waals surface area contributed by atoms with E-state index < -0.39 is 0 Å². The number of halogens is 2. The molecule has 0 radical (unpaired) electrons. The van der Waals surface area contributed by atoms with Crippen molar-refractivity contribution in [3.8, 4) is 0 Å². The molecule has 2 heteroatoms. The van der Waals surface area contributed by atoms with Crippen molar-refractivity contribution in [3.63, 3.8) is 0 Å². The van der Waals surface area contributed by atoms with E-state index in [0.29, 0.717) is 5.56 Å². The molecule has 1 aromatic carbocycles. The summed E-state index contributed by atoms with van der Waals surface area (Å²) in [5, 5.41) is 0.243. The molecule has 0 amide bonds. The van der Waals surface area contributed by atoms with Gasteiger partial charge in [-0.25, -0.2) is 4.39 Å². The Kier molecular flexibility index (Phi) is 2.67. The van der Waals surface area contributed by atoms with Crippen molar-refractivity contribution in [3.05, 3.63) is 34.1 Å². The molecule has 0 unspecified atom stereocenters. The molecule has 0 aromatic heterocycles. The minimum absolute atomic E-state index is 0.193. The number of rotatable bonds is 0. The molecule has 13 heavy (non-hydrogen) atoms. The van der Waals surface area contributed by atoms with Gasteiger partial charge in [0.25, 0.3) is 0 Å². The molecule has 0 heterocycles. The van der Waals surface area contributed by atoms with E-state index in [9.17, 15) is 4.39 Å². The van der Waals surface area contributed by atoms with Gasteiger partial charge >= 0.3 is 0 Å². The van der Waals surface area contributed by atoms with Gasteiger partial charge in [-0.3, -0.25) is 0 Å². The van der Waals surface area contributed by atoms with Crippen molar-refractivity contribution < 1.29 is 4.39 Å². The second kappa shape index (κ2) is 3.30. The molecule has 0 fully saturated rings. The lowest BCUT2D eigenvalue weighted by Crippen LogP contribution is -2.13. The highest BCUT2D eigenvalue weighted by molar-refractivity contribution is 6.31. The van der Waals surface area contributed by atoms with Crippen LogP contribution in [0.3, 0.4) is 0 Å². The van der Waals surface area contributed by atoms with E-state index in [1.54, 1.807) is 13.0 Å². The highest BCUT2D eigenvalue weighted by Gasteiger charge is 2.20. The summed E-state index contributed by atoms with van der Waals surface area (Å²) in [6.07, 6.45) is 0. The molecule has 0 spiro atoms. The fourth-order valence-electron chi connectivity index (χ4n) is 1.23. The zero-order valence-corrected chi connectivity index (χ0v) is 9.17. The predicted molar refractivity (Wildman–Crippen MR) is 54.8 cm³/mol. The van der Waals surface area contributed by atoms with Gasteiger partial charge in [0, 0.05) is 0 Å². The summed E-state index contributed by atoms with van der Waals surface area (Å²) < 4.78 is 13.6. The van der Waals surface area contributed by atoms with Crippen LogP contribution in [0.1, 0.15) is 31.9 Å². The smallest absolute Gasteiger partial charge is 0.145 e. The molecular formula is C11H14ClF. The summed E-state index contributed by atoms with van der Waals surface area (Å²) in [5.74, 6) is -0.283. The zero-order valence-electron chi connectivity index (χ0n) is 8.41. The van der Waals surface area contributed by atoms with E-state index >= 15 is 0 Å². The average Bonchev–Trinajstić information content (AvgIpc) is 1.98. The summed E-state index contributed by atoms with van der Waals surface area (Å²) in [7, 11) is 0. The summed E-state index contributed by atoms with van der Waals surface area (Å²) in [5.41, 5.74) is 1.26. The molecule has 0 N–H and O–H groups in total. The maximum Gasteiger partial charge on any atom is 0.145 e. The fourth-order valence-corrected chi connectivity index (χ4v) is 1.39. The Hall–Kier alpha value is -0.560. The lowest BCUT2D eigenvalue weighted by atomic mass is 9.86. The first-order valence-electron chi connectivity index (χ1n) is 4.29. The first kappa shape index (κ1) is 10.5. The first-order valence-corrected chi connectivity index (χ1v) is 4.67. The molecule has 72 valence electrons. The number of hydrogen-bond acceptors (Lipinski definition) is 0. The third kappa shape index (κ3) is 2.02. The molecule has 0 aliphatic heterocycles. The SMILES string of the molecule is Cc1ccc(C(C)(C)C)c(F)c1Cl. The van der Waals surface area contributed by atoms with E-state index in [1.807, 2.05) is 26.8 Å². The standard InChI is InChI=1S/C11H14ClF/c1-7-5-6-8(11(2,3)4)10(13)9(7)12/h5-6H,1-4H3. The highest BCUT2D eigenvalue weighted by Crippen LogP contribution is 2.30. The maximum atomic E-state index is 13.6. The Labute approximate surface area is 83.7 Å². The van der Waals surface area contributed by atoms with E-state index in [4.69, 9.17) is 11.6 Å². The topological polar surface area (TPSA) is 0 Å². The minimum Gasteiger partial charge on any atom is -0.205 e. The molecule has 0 nitrogen and oxygen atoms in total. The third-order valence-electron chi connectivity index (χ3n) is 2.08. The number of benzene rings is 1. The van der Waals surface area contributed by atoms with Gasteiger partial charge in [0.05, 0.1) is 5.02 Å². The van der Waals surface area contributed by atoms with Crippen LogP contribution in [-0.2, 0) is 5.41 Å². The molecule has 0 saturated carbocycles. The van der Waals surface area contributed by atoms with Crippen LogP contribution in [-0.4, -0.2) is 0 Å². The van der Waals surface area contributed by atoms with Gasteiger partial charge in [-0.05, 0) is 23.5 Å². The van der Waals surface area contributed by atoms with Crippen molar-refractivity contribution in [2.45, 2.75) is 33.1 Å². The molecule has 0 aliphatic carbocycles. The van der Waals surface area contributed by atoms with Crippen molar-refractivity contribution in [2.24, 2.45) is 0 Å². The molecule has 0 atom stereocenters. The Morgan fingerprint density at radius 3 is 2.23 bits per heavy atom. The normalized spacial score (nSPS) is 11.8. The lowest BCUT2D eigenvalue weighted by Gasteiger charge is -2.20. The average molecular weight is 201 g/mol. The van der Waals surface area contributed by atoms with Crippen LogP contribution in [0.5, 0.6) is 0 Å². The largest absolute Gasteiger partial charge is 0.205 e. The highest BCUT2D eigenvalue weighted by atomic mass is 35.5. The molecular weight excluding hydrogens is 187 g/mol. The van der Waals surface area contributed by atoms with Crippen LogP contribution >= 0.6 is 11.6 Å². The maximum absolute atomic E-state index is 13.6. The van der Waals surface area contributed by atoms with Crippen LogP contribution < -0.4 is 0 Å². The predicted octanol–water partition coefficient (Wildman–Crippen LogP) is 4.09. The Bertz CT molecular complexity index is 324. The van der Waals surface area contributed by atoms with Crippen LogP contribution in [0, 0.1) is 12.7 Å². The van der Waals surface area contributed by atoms with Crippen LogP contribution in [0.2, 0.25) is 5.02 Å². The van der Waals surface area contributed by atoms with E-state index in [-0.39, 0.29) is 16.3 Å². The Morgan fingerprint density at radius 2 is 1.77 bits per heavy atom. The summed E-state index contributed by atoms with van der Waals surface area (Å²) >= 11 is 5.81. The van der Waals surface area contributed by atoms with Crippen LogP contribution in [0.4, 0.5) is 4.39 Å². The van der Waals surface area contributed by atoms with Gasteiger partial charge in [0.1, 0.15) is 5.82 Å². The van der Waals surface area contributed by atoms with Gasteiger partial charge in [-0.1, -0.05) is 44.5 Å². The molecule has 0 bridgehead atoms. The molecule has 1 rings (SSSR count). The zero-order chi connectivity index (χ0) is 10.2. The summed E-state index contributed by atoms with van der Waals surface area (Å²) in [4.78, 5) is 0. The quantitative estimate of drug-likeness (QED) is 0.592. The van der Waals surface area contributed by atoms with Crippen LogP contribution in [0.15, 0.2) is 12.1 Å². The summed E-state index contributed by atoms with van der Waals surface area (Å²) in [6.45, 7) is 7.71. The van der Waals surface area contributed by atoms with E-state index in [0.717, 1.165) is 5.56 Å². The molecule has 0 aliphatic rings. The van der Waals surface area contributed by atoms with Crippen molar-refractivity contribution in [1.82, 2.24) is 0 Å². The Morgan fingerprint density at radius 1 is 1.23 bits per heavy atom. The van der Waals surface area contributed by atoms with Crippen LogP contribution in [0.25, 0.3) is 0 Å². The van der Waals surface area contributed by atoms with Gasteiger partial charge < -0.3 is 0 Å². The van der Waals surface area contributed by atoms with E-state index in [2.05, 4.69) is 0 Å². The summed E-state index contributed by atoms with van der Waals surface area (Å²) in [6, 6.07) is 3.66. The monoisotopic (exact) mass is 200 g/mol. The first-order chi connectivity index (χ1) is 5.84. The molecule has 1 aromatic rings. The number of aryl methyl sites for hydroxylation is 1. The third-order valence-corrected chi connectivity index (χ3v) is 2.55. The fraction of sp³-hybridized carbons (Fsp3) is 0.455. The lowest BCUT2D eigenvalue weighted by molar-refractivity contribution is 0.522. The van der Waals surface area contributed by atoms with Crippen molar-refractivity contribution >= 4 is 11.6 Å². The van der Waals surface area contributed by atoms with Crippen molar-refractivity contribution in [1.29, 1.82) is 0 Å². The van der Waals surface area contributed by atoms with Gasteiger partial charge in [-0.2, -0.15) is 0 Å². The second-order valence-electron chi connectivity index (χ2n) is 4.31. The molecule has 0 saturated heterocycles. The van der Waals surface area contributed by atoms with E-state index in [1.165, 1.54) is 0 Å². The Balaban J connectivity index is 3.35. The second-order valence-corrected chi connectivity index (χ2v) is 4.69. The van der Waals surface area contributed by atoms with Gasteiger partial charge in [0.15, 0.2) is 0 Å². The van der Waals surface area contributed by atoms with Crippen molar-refractivity contribution in [2.75, 3.05) is 0 Å². The minimum atomic E-state index is -0.283.